The second kappa shape index (κ2) is 4.21. The first-order chi connectivity index (χ1) is 8.02. The quantitative estimate of drug-likeness (QED) is 0.863. The SMILES string of the molecule is Cc1ccc(F)c(C(O)c2cnnn2C)c1F. The third-order valence-corrected chi connectivity index (χ3v) is 2.62. The van der Waals surface area contributed by atoms with Crippen molar-refractivity contribution in [1.29, 1.82) is 0 Å². The highest BCUT2D eigenvalue weighted by molar-refractivity contribution is 5.32. The Labute approximate surface area is 96.5 Å². The average molecular weight is 239 g/mol. The van der Waals surface area contributed by atoms with Gasteiger partial charge in [-0.25, -0.2) is 13.5 Å². The maximum absolute atomic E-state index is 13.8. The van der Waals surface area contributed by atoms with Gasteiger partial charge in [-0.15, -0.1) is 5.10 Å². The van der Waals surface area contributed by atoms with Crippen molar-refractivity contribution in [3.05, 3.63) is 46.8 Å². The van der Waals surface area contributed by atoms with Gasteiger partial charge in [0, 0.05) is 7.05 Å². The lowest BCUT2D eigenvalue weighted by Gasteiger charge is -2.13. The van der Waals surface area contributed by atoms with E-state index in [9.17, 15) is 13.9 Å². The van der Waals surface area contributed by atoms with Gasteiger partial charge < -0.3 is 5.11 Å². The molecule has 0 spiro atoms. The Morgan fingerprint density at radius 2 is 2.06 bits per heavy atom. The van der Waals surface area contributed by atoms with Crippen molar-refractivity contribution in [2.75, 3.05) is 0 Å². The zero-order valence-corrected chi connectivity index (χ0v) is 9.35. The molecular formula is C11H11F2N3O. The third-order valence-electron chi connectivity index (χ3n) is 2.62. The van der Waals surface area contributed by atoms with Gasteiger partial charge in [-0.3, -0.25) is 0 Å². The maximum atomic E-state index is 13.8. The minimum Gasteiger partial charge on any atom is -0.382 e. The van der Waals surface area contributed by atoms with Gasteiger partial charge in [0.05, 0.1) is 17.5 Å². The Kier molecular flexibility index (Phi) is 2.89. The first-order valence-electron chi connectivity index (χ1n) is 4.99. The summed E-state index contributed by atoms with van der Waals surface area (Å²) in [7, 11) is 1.54. The van der Waals surface area contributed by atoms with E-state index in [1.807, 2.05) is 0 Å². The first-order valence-corrected chi connectivity index (χ1v) is 4.99. The summed E-state index contributed by atoms with van der Waals surface area (Å²) in [5, 5.41) is 17.1. The van der Waals surface area contributed by atoms with E-state index in [2.05, 4.69) is 10.3 Å². The van der Waals surface area contributed by atoms with Crippen molar-refractivity contribution in [2.24, 2.45) is 7.05 Å². The van der Waals surface area contributed by atoms with Crippen LogP contribution >= 0.6 is 0 Å². The van der Waals surface area contributed by atoms with Crippen molar-refractivity contribution in [1.82, 2.24) is 15.0 Å². The highest BCUT2D eigenvalue weighted by Gasteiger charge is 2.23. The molecule has 6 heteroatoms. The number of halogens is 2. The molecule has 1 aromatic carbocycles. The minimum absolute atomic E-state index is 0.230. The molecule has 4 nitrogen and oxygen atoms in total. The monoisotopic (exact) mass is 239 g/mol. The van der Waals surface area contributed by atoms with Crippen LogP contribution in [0, 0.1) is 18.6 Å². The van der Waals surface area contributed by atoms with Crippen molar-refractivity contribution < 1.29 is 13.9 Å². The van der Waals surface area contributed by atoms with E-state index in [1.165, 1.54) is 30.9 Å². The van der Waals surface area contributed by atoms with Crippen LogP contribution < -0.4 is 0 Å². The van der Waals surface area contributed by atoms with E-state index in [-0.39, 0.29) is 16.8 Å². The predicted molar refractivity (Wildman–Crippen MR) is 56.2 cm³/mol. The molecule has 0 bridgehead atoms. The topological polar surface area (TPSA) is 50.9 Å². The molecule has 90 valence electrons. The predicted octanol–water partition coefficient (Wildman–Crippen LogP) is 1.48. The normalized spacial score (nSPS) is 12.8. The Morgan fingerprint density at radius 3 is 2.65 bits per heavy atom. The molecule has 2 aromatic rings. The molecule has 0 radical (unpaired) electrons. The number of aliphatic hydroxyl groups excluding tert-OH is 1. The zero-order valence-electron chi connectivity index (χ0n) is 9.35. The third kappa shape index (κ3) is 1.91. The summed E-state index contributed by atoms with van der Waals surface area (Å²) < 4.78 is 28.6. The molecule has 2 rings (SSSR count). The van der Waals surface area contributed by atoms with E-state index in [4.69, 9.17) is 0 Å². The maximum Gasteiger partial charge on any atom is 0.135 e. The molecule has 1 heterocycles. The Morgan fingerprint density at radius 1 is 1.35 bits per heavy atom. The van der Waals surface area contributed by atoms with E-state index in [1.54, 1.807) is 0 Å². The molecule has 17 heavy (non-hydrogen) atoms. The summed E-state index contributed by atoms with van der Waals surface area (Å²) in [6.07, 6.45) is -0.152. The molecule has 1 N–H and O–H groups in total. The Bertz CT molecular complexity index is 554. The standard InChI is InChI=1S/C11H11F2N3O/c1-6-3-4-7(12)9(10(6)13)11(17)8-5-14-15-16(8)2/h3-5,11,17H,1-2H3. The van der Waals surface area contributed by atoms with Crippen LogP contribution in [0.15, 0.2) is 18.3 Å². The van der Waals surface area contributed by atoms with E-state index < -0.39 is 17.7 Å². The summed E-state index contributed by atoms with van der Waals surface area (Å²) in [5.74, 6) is -1.54. The largest absolute Gasteiger partial charge is 0.382 e. The van der Waals surface area contributed by atoms with Crippen LogP contribution in [0.4, 0.5) is 8.78 Å². The van der Waals surface area contributed by atoms with E-state index in [0.29, 0.717) is 0 Å². The summed E-state index contributed by atoms with van der Waals surface area (Å²) in [5.41, 5.74) is 0.124. The van der Waals surface area contributed by atoms with E-state index >= 15 is 0 Å². The Balaban J connectivity index is 2.55. The minimum atomic E-state index is -1.42. The van der Waals surface area contributed by atoms with Gasteiger partial charge in [0.15, 0.2) is 0 Å². The molecule has 0 saturated carbocycles. The van der Waals surface area contributed by atoms with Crippen molar-refractivity contribution in [2.45, 2.75) is 13.0 Å². The van der Waals surface area contributed by atoms with Crippen LogP contribution in [-0.4, -0.2) is 20.1 Å². The molecule has 0 fully saturated rings. The Hall–Kier alpha value is -1.82. The van der Waals surface area contributed by atoms with Crippen molar-refractivity contribution >= 4 is 0 Å². The molecule has 1 aromatic heterocycles. The van der Waals surface area contributed by atoms with Gasteiger partial charge >= 0.3 is 0 Å². The van der Waals surface area contributed by atoms with Crippen LogP contribution in [0.3, 0.4) is 0 Å². The molecule has 0 aliphatic carbocycles. The smallest absolute Gasteiger partial charge is 0.135 e. The number of nitrogens with zero attached hydrogens (tertiary/aromatic N) is 3. The highest BCUT2D eigenvalue weighted by Crippen LogP contribution is 2.27. The number of aryl methyl sites for hydroxylation is 2. The molecular weight excluding hydrogens is 228 g/mol. The summed E-state index contributed by atoms with van der Waals surface area (Å²) in [6, 6.07) is 2.45. The van der Waals surface area contributed by atoms with E-state index in [0.717, 1.165) is 6.07 Å². The molecule has 0 saturated heterocycles. The second-order valence-electron chi connectivity index (χ2n) is 3.78. The van der Waals surface area contributed by atoms with Crippen LogP contribution in [0.1, 0.15) is 22.9 Å². The highest BCUT2D eigenvalue weighted by atomic mass is 19.1. The molecule has 0 aliphatic rings. The second-order valence-corrected chi connectivity index (χ2v) is 3.78. The number of benzene rings is 1. The van der Waals surface area contributed by atoms with Gasteiger partial charge in [0.2, 0.25) is 0 Å². The fourth-order valence-electron chi connectivity index (χ4n) is 1.62. The molecule has 0 amide bonds. The average Bonchev–Trinajstić information content (AvgIpc) is 2.70. The van der Waals surface area contributed by atoms with Crippen LogP contribution in [-0.2, 0) is 7.05 Å². The number of aliphatic hydroxyl groups is 1. The summed E-state index contributed by atoms with van der Waals surface area (Å²) in [6.45, 7) is 1.51. The van der Waals surface area contributed by atoms with Gasteiger partial charge in [-0.1, -0.05) is 11.3 Å². The van der Waals surface area contributed by atoms with Gasteiger partial charge in [-0.2, -0.15) is 0 Å². The summed E-state index contributed by atoms with van der Waals surface area (Å²) >= 11 is 0. The lowest BCUT2D eigenvalue weighted by molar-refractivity contribution is 0.198. The molecule has 1 unspecified atom stereocenters. The molecule has 0 aliphatic heterocycles. The number of rotatable bonds is 2. The fourth-order valence-corrected chi connectivity index (χ4v) is 1.62. The van der Waals surface area contributed by atoms with Gasteiger partial charge in [-0.05, 0) is 18.6 Å². The first kappa shape index (κ1) is 11.7. The lowest BCUT2D eigenvalue weighted by atomic mass is 10.0. The van der Waals surface area contributed by atoms with Gasteiger partial charge in [0.1, 0.15) is 17.7 Å². The fraction of sp³-hybridized carbons (Fsp3) is 0.273. The zero-order chi connectivity index (χ0) is 12.6. The van der Waals surface area contributed by atoms with Crippen molar-refractivity contribution in [3.63, 3.8) is 0 Å². The molecule has 1 atom stereocenters. The van der Waals surface area contributed by atoms with Crippen LogP contribution in [0.25, 0.3) is 0 Å². The lowest BCUT2D eigenvalue weighted by Crippen LogP contribution is -2.11. The number of hydrogen-bond acceptors (Lipinski definition) is 3. The summed E-state index contributed by atoms with van der Waals surface area (Å²) in [4.78, 5) is 0. The van der Waals surface area contributed by atoms with Crippen LogP contribution in [0.2, 0.25) is 0 Å². The van der Waals surface area contributed by atoms with Gasteiger partial charge in [0.25, 0.3) is 0 Å². The van der Waals surface area contributed by atoms with Crippen molar-refractivity contribution in [3.8, 4) is 0 Å². The van der Waals surface area contributed by atoms with Crippen LogP contribution in [0.5, 0.6) is 0 Å². The number of hydrogen-bond donors (Lipinski definition) is 1. The number of aromatic nitrogens is 3.